The maximum absolute atomic E-state index is 12.5. The molecule has 1 heterocycles. The largest absolute Gasteiger partial charge is 0.507 e. The minimum Gasteiger partial charge on any atom is -0.507 e. The lowest BCUT2D eigenvalue weighted by molar-refractivity contribution is -0.126. The summed E-state index contributed by atoms with van der Waals surface area (Å²) in [5.41, 5.74) is 4.55. The van der Waals surface area contributed by atoms with E-state index in [1.54, 1.807) is 6.07 Å². The van der Waals surface area contributed by atoms with Crippen molar-refractivity contribution in [3.8, 4) is 5.75 Å². The van der Waals surface area contributed by atoms with Gasteiger partial charge in [-0.15, -0.1) is 0 Å². The van der Waals surface area contributed by atoms with E-state index >= 15 is 0 Å². The summed E-state index contributed by atoms with van der Waals surface area (Å²) >= 11 is 3.46. The van der Waals surface area contributed by atoms with Crippen molar-refractivity contribution < 1.29 is 9.90 Å². The van der Waals surface area contributed by atoms with E-state index in [1.165, 1.54) is 11.8 Å². The van der Waals surface area contributed by atoms with Gasteiger partial charge in [-0.1, -0.05) is 58.4 Å². The number of hydrogen-bond donors (Lipinski definition) is 2. The molecule has 2 N–H and O–H groups in total. The molecule has 3 aromatic carbocycles. The summed E-state index contributed by atoms with van der Waals surface area (Å²) in [4.78, 5) is 14.9. The first kappa shape index (κ1) is 20.6. The van der Waals surface area contributed by atoms with E-state index in [1.807, 2.05) is 30.3 Å². The number of halogens is 1. The van der Waals surface area contributed by atoms with E-state index in [0.29, 0.717) is 5.56 Å². The van der Waals surface area contributed by atoms with Crippen molar-refractivity contribution in [1.82, 2.24) is 10.3 Å². The third-order valence-electron chi connectivity index (χ3n) is 5.59. The van der Waals surface area contributed by atoms with E-state index in [9.17, 15) is 9.90 Å². The van der Waals surface area contributed by atoms with Gasteiger partial charge in [0.2, 0.25) is 5.91 Å². The Morgan fingerprint density at radius 2 is 1.83 bits per heavy atom. The van der Waals surface area contributed by atoms with Gasteiger partial charge in [0, 0.05) is 22.5 Å². The molecule has 0 bridgehead atoms. The van der Waals surface area contributed by atoms with Gasteiger partial charge in [0.05, 0.1) is 6.21 Å². The van der Waals surface area contributed by atoms with Crippen molar-refractivity contribution in [2.45, 2.75) is 19.4 Å². The molecule has 0 unspecified atom stereocenters. The summed E-state index contributed by atoms with van der Waals surface area (Å²) in [5.74, 6) is 0.0478. The number of nitrogens with one attached hydrogen (secondary N) is 1. The molecule has 0 atom stereocenters. The first-order valence-electron chi connectivity index (χ1n) is 10.1. The number of hydrogen-bond acceptors (Lipinski definition) is 4. The Kier molecular flexibility index (Phi) is 6.45. The molecule has 1 amide bonds. The molecule has 0 saturated carbocycles. The van der Waals surface area contributed by atoms with Crippen LogP contribution in [0, 0.1) is 5.92 Å². The molecule has 154 valence electrons. The van der Waals surface area contributed by atoms with Crippen LogP contribution in [0.1, 0.15) is 24.0 Å². The number of phenolic OH excluding ortho intramolecular Hbond substituents is 1. The third-order valence-corrected chi connectivity index (χ3v) is 6.12. The van der Waals surface area contributed by atoms with Crippen LogP contribution in [0.3, 0.4) is 0 Å². The molecular formula is C24H24BrN3O2. The third kappa shape index (κ3) is 4.89. The van der Waals surface area contributed by atoms with E-state index in [2.05, 4.69) is 55.6 Å². The lowest BCUT2D eigenvalue weighted by Gasteiger charge is -2.30. The molecule has 0 aliphatic carbocycles. The van der Waals surface area contributed by atoms with Crippen molar-refractivity contribution in [2.75, 3.05) is 13.1 Å². The number of benzene rings is 3. The number of hydrazone groups is 1. The Bertz CT molecular complexity index is 1060. The zero-order valence-corrected chi connectivity index (χ0v) is 18.2. The number of phenols is 1. The number of rotatable bonds is 5. The minimum absolute atomic E-state index is 0.0376. The van der Waals surface area contributed by atoms with Gasteiger partial charge < -0.3 is 5.11 Å². The second-order valence-corrected chi connectivity index (χ2v) is 8.55. The van der Waals surface area contributed by atoms with Gasteiger partial charge in [-0.3, -0.25) is 9.69 Å². The zero-order valence-electron chi connectivity index (χ0n) is 16.6. The van der Waals surface area contributed by atoms with Crippen molar-refractivity contribution in [1.29, 1.82) is 0 Å². The lowest BCUT2D eigenvalue weighted by Crippen LogP contribution is -2.39. The highest BCUT2D eigenvalue weighted by atomic mass is 79.9. The first-order valence-corrected chi connectivity index (χ1v) is 10.9. The fraction of sp³-hybridized carbons (Fsp3) is 0.250. The molecular weight excluding hydrogens is 442 g/mol. The lowest BCUT2D eigenvalue weighted by atomic mass is 9.96. The summed E-state index contributed by atoms with van der Waals surface area (Å²) in [6.45, 7) is 2.68. The highest BCUT2D eigenvalue weighted by Crippen LogP contribution is 2.25. The van der Waals surface area contributed by atoms with Gasteiger partial charge in [0.1, 0.15) is 5.75 Å². The van der Waals surface area contributed by atoms with E-state index < -0.39 is 0 Å². The summed E-state index contributed by atoms with van der Waals surface area (Å²) in [7, 11) is 0. The molecule has 3 aromatic rings. The first-order chi connectivity index (χ1) is 14.6. The Hall–Kier alpha value is -2.70. The molecule has 0 radical (unpaired) electrons. The average molecular weight is 466 g/mol. The van der Waals surface area contributed by atoms with Crippen LogP contribution in [-0.2, 0) is 11.3 Å². The van der Waals surface area contributed by atoms with Crippen molar-refractivity contribution in [3.63, 3.8) is 0 Å². The van der Waals surface area contributed by atoms with Crippen LogP contribution >= 0.6 is 15.9 Å². The maximum Gasteiger partial charge on any atom is 0.243 e. The Balaban J connectivity index is 1.31. The molecule has 30 heavy (non-hydrogen) atoms. The second-order valence-electron chi connectivity index (χ2n) is 7.63. The van der Waals surface area contributed by atoms with Crippen LogP contribution in [0.2, 0.25) is 0 Å². The number of likely N-dealkylation sites (tertiary alicyclic amines) is 1. The highest BCUT2D eigenvalue weighted by Gasteiger charge is 2.24. The van der Waals surface area contributed by atoms with Crippen molar-refractivity contribution in [3.05, 3.63) is 76.3 Å². The predicted molar refractivity (Wildman–Crippen MR) is 123 cm³/mol. The second kappa shape index (κ2) is 9.41. The summed E-state index contributed by atoms with van der Waals surface area (Å²) in [5, 5.41) is 16.2. The maximum atomic E-state index is 12.5. The molecule has 6 heteroatoms. The smallest absolute Gasteiger partial charge is 0.243 e. The van der Waals surface area contributed by atoms with Crippen molar-refractivity contribution in [2.24, 2.45) is 11.0 Å². The van der Waals surface area contributed by atoms with Crippen LogP contribution in [0.4, 0.5) is 0 Å². The molecule has 1 aliphatic heterocycles. The van der Waals surface area contributed by atoms with Crippen LogP contribution in [0.5, 0.6) is 5.75 Å². The number of carbonyl (C=O) groups excluding carboxylic acids is 1. The fourth-order valence-electron chi connectivity index (χ4n) is 3.87. The van der Waals surface area contributed by atoms with Gasteiger partial charge in [-0.25, -0.2) is 5.43 Å². The van der Waals surface area contributed by atoms with Crippen LogP contribution in [0.25, 0.3) is 10.8 Å². The molecule has 5 nitrogen and oxygen atoms in total. The van der Waals surface area contributed by atoms with Gasteiger partial charge >= 0.3 is 0 Å². The molecule has 1 saturated heterocycles. The summed E-state index contributed by atoms with van der Waals surface area (Å²) < 4.78 is 1.08. The van der Waals surface area contributed by atoms with E-state index in [-0.39, 0.29) is 17.6 Å². The molecule has 4 rings (SSSR count). The average Bonchev–Trinajstić information content (AvgIpc) is 2.77. The predicted octanol–water partition coefficient (Wildman–Crippen LogP) is 4.67. The Labute approximate surface area is 184 Å². The SMILES string of the molecule is O=C(N/N=C/c1c(O)ccc2ccccc12)C1CCN(Cc2ccc(Br)cc2)CC1. The number of nitrogens with zero attached hydrogens (tertiary/aromatic N) is 2. The van der Waals surface area contributed by atoms with Crippen LogP contribution in [0.15, 0.2) is 70.2 Å². The van der Waals surface area contributed by atoms with E-state index in [4.69, 9.17) is 0 Å². The number of carbonyl (C=O) groups is 1. The standard InChI is InChI=1S/C24H24BrN3O2/c25-20-8-5-17(6-9-20)16-28-13-11-19(12-14-28)24(30)27-26-15-22-21-4-2-1-3-18(21)7-10-23(22)29/h1-10,15,19,29H,11-14,16H2,(H,27,30)/b26-15+. The Morgan fingerprint density at radius 3 is 2.60 bits per heavy atom. The van der Waals surface area contributed by atoms with Gasteiger partial charge in [-0.05, 0) is 60.5 Å². The van der Waals surface area contributed by atoms with Crippen LogP contribution < -0.4 is 5.43 Å². The molecule has 1 aliphatic rings. The number of aromatic hydroxyl groups is 1. The van der Waals surface area contributed by atoms with Crippen LogP contribution in [-0.4, -0.2) is 35.2 Å². The van der Waals surface area contributed by atoms with Gasteiger partial charge in [0.25, 0.3) is 0 Å². The molecule has 1 fully saturated rings. The summed E-state index contributed by atoms with van der Waals surface area (Å²) in [6, 6.07) is 19.6. The number of piperidine rings is 1. The van der Waals surface area contributed by atoms with Crippen molar-refractivity contribution >= 4 is 38.8 Å². The minimum atomic E-state index is -0.0609. The normalized spacial score (nSPS) is 15.6. The number of amides is 1. The highest BCUT2D eigenvalue weighted by molar-refractivity contribution is 9.10. The van der Waals surface area contributed by atoms with E-state index in [0.717, 1.165) is 47.7 Å². The quantitative estimate of drug-likeness (QED) is 0.424. The molecule has 0 aromatic heterocycles. The fourth-order valence-corrected chi connectivity index (χ4v) is 4.14. The topological polar surface area (TPSA) is 64.9 Å². The number of fused-ring (bicyclic) bond motifs is 1. The van der Waals surface area contributed by atoms with Gasteiger partial charge in [0.15, 0.2) is 0 Å². The Morgan fingerprint density at radius 1 is 1.10 bits per heavy atom. The summed E-state index contributed by atoms with van der Waals surface area (Å²) in [6.07, 6.45) is 3.16. The molecule has 0 spiro atoms. The van der Waals surface area contributed by atoms with Gasteiger partial charge in [-0.2, -0.15) is 5.10 Å². The zero-order chi connectivity index (χ0) is 20.9. The monoisotopic (exact) mass is 465 g/mol.